The molecule has 28 heavy (non-hydrogen) atoms. The Hall–Kier alpha value is -2.96. The summed E-state index contributed by atoms with van der Waals surface area (Å²) in [6, 6.07) is 9.92. The Balaban J connectivity index is 1.47. The summed E-state index contributed by atoms with van der Waals surface area (Å²) in [7, 11) is 0. The fourth-order valence-corrected chi connectivity index (χ4v) is 3.48. The average molecular weight is 379 g/mol. The van der Waals surface area contributed by atoms with Crippen LogP contribution in [0.5, 0.6) is 0 Å². The van der Waals surface area contributed by atoms with E-state index < -0.39 is 0 Å². The lowest BCUT2D eigenvalue weighted by Crippen LogP contribution is -2.39. The first-order valence-electron chi connectivity index (χ1n) is 9.76. The third kappa shape index (κ3) is 3.69. The number of piperidine rings is 1. The smallest absolute Gasteiger partial charge is 0.271 e. The highest BCUT2D eigenvalue weighted by atomic mass is 16.5. The average Bonchev–Trinajstić information content (AvgIpc) is 3.38. The number of hydrogen-bond acceptors (Lipinski definition) is 5. The van der Waals surface area contributed by atoms with Crippen LogP contribution < -0.4 is 0 Å². The highest BCUT2D eigenvalue weighted by Crippen LogP contribution is 2.28. The van der Waals surface area contributed by atoms with Gasteiger partial charge in [0.25, 0.3) is 5.91 Å². The van der Waals surface area contributed by atoms with Crippen LogP contribution in [0.3, 0.4) is 0 Å². The monoisotopic (exact) mass is 379 g/mol. The Morgan fingerprint density at radius 1 is 1.29 bits per heavy atom. The van der Waals surface area contributed by atoms with Gasteiger partial charge >= 0.3 is 0 Å². The molecule has 1 saturated heterocycles. The molecule has 3 heterocycles. The molecule has 146 valence electrons. The molecule has 1 aliphatic heterocycles. The predicted octanol–water partition coefficient (Wildman–Crippen LogP) is 3.91. The second kappa shape index (κ2) is 7.58. The molecular weight excluding hydrogens is 354 g/mol. The summed E-state index contributed by atoms with van der Waals surface area (Å²) in [5, 5.41) is 11.3. The maximum atomic E-state index is 13.0. The second-order valence-corrected chi connectivity index (χ2v) is 7.77. The molecule has 3 aromatic rings. The van der Waals surface area contributed by atoms with Crippen LogP contribution in [-0.4, -0.2) is 44.2 Å². The van der Waals surface area contributed by atoms with Gasteiger partial charge in [0.05, 0.1) is 11.6 Å². The maximum absolute atomic E-state index is 13.0. The summed E-state index contributed by atoms with van der Waals surface area (Å²) in [5.74, 6) is 1.61. The van der Waals surface area contributed by atoms with Crippen LogP contribution in [0.25, 0.3) is 11.3 Å². The molecule has 4 rings (SSSR count). The number of nitrogens with one attached hydrogen (secondary N) is 1. The van der Waals surface area contributed by atoms with E-state index in [9.17, 15) is 4.79 Å². The van der Waals surface area contributed by atoms with Gasteiger partial charge in [-0.1, -0.05) is 48.8 Å². The van der Waals surface area contributed by atoms with Crippen LogP contribution in [0, 0.1) is 6.92 Å². The molecule has 1 N–H and O–H groups in total. The van der Waals surface area contributed by atoms with E-state index in [1.807, 2.05) is 56.0 Å². The number of aromatic nitrogens is 4. The van der Waals surface area contributed by atoms with Crippen LogP contribution in [0.15, 0.2) is 34.9 Å². The molecule has 2 aromatic heterocycles. The lowest BCUT2D eigenvalue weighted by atomic mass is 9.97. The number of carbonyl (C=O) groups is 1. The summed E-state index contributed by atoms with van der Waals surface area (Å²) in [6.07, 6.45) is 1.86. The van der Waals surface area contributed by atoms with Crippen LogP contribution >= 0.6 is 0 Å². The van der Waals surface area contributed by atoms with Gasteiger partial charge < -0.3 is 9.42 Å². The maximum Gasteiger partial charge on any atom is 0.271 e. The van der Waals surface area contributed by atoms with E-state index in [1.165, 1.54) is 5.56 Å². The van der Waals surface area contributed by atoms with Crippen molar-refractivity contribution >= 4 is 5.91 Å². The molecule has 1 aromatic carbocycles. The number of amides is 1. The highest BCUT2D eigenvalue weighted by Gasteiger charge is 2.30. The zero-order valence-electron chi connectivity index (χ0n) is 16.5. The van der Waals surface area contributed by atoms with Gasteiger partial charge in [0, 0.05) is 24.6 Å². The minimum absolute atomic E-state index is 0.0424. The van der Waals surface area contributed by atoms with Crippen molar-refractivity contribution in [3.8, 4) is 11.3 Å². The van der Waals surface area contributed by atoms with E-state index in [0.29, 0.717) is 18.1 Å². The van der Waals surface area contributed by atoms with E-state index in [0.717, 1.165) is 36.5 Å². The summed E-state index contributed by atoms with van der Waals surface area (Å²) < 4.78 is 5.45. The van der Waals surface area contributed by atoms with Gasteiger partial charge in [-0.05, 0) is 25.8 Å². The number of rotatable bonds is 4. The number of nitrogens with zero attached hydrogens (tertiary/aromatic N) is 4. The van der Waals surface area contributed by atoms with Gasteiger partial charge in [-0.15, -0.1) is 0 Å². The Morgan fingerprint density at radius 2 is 2.07 bits per heavy atom. The van der Waals surface area contributed by atoms with Crippen LogP contribution in [0.2, 0.25) is 0 Å². The van der Waals surface area contributed by atoms with Crippen molar-refractivity contribution in [2.45, 2.75) is 45.4 Å². The van der Waals surface area contributed by atoms with E-state index in [4.69, 9.17) is 4.52 Å². The van der Waals surface area contributed by atoms with Crippen LogP contribution in [0.1, 0.15) is 66.3 Å². The number of aromatic amines is 1. The highest BCUT2D eigenvalue weighted by molar-refractivity contribution is 5.93. The first kappa shape index (κ1) is 18.4. The summed E-state index contributed by atoms with van der Waals surface area (Å²) in [4.78, 5) is 19.3. The number of carbonyl (C=O) groups excluding carboxylic acids is 1. The topological polar surface area (TPSA) is 87.9 Å². The van der Waals surface area contributed by atoms with Crippen molar-refractivity contribution < 1.29 is 9.32 Å². The molecule has 7 nitrogen and oxygen atoms in total. The van der Waals surface area contributed by atoms with Crippen molar-refractivity contribution in [3.05, 3.63) is 53.3 Å². The third-order valence-electron chi connectivity index (χ3n) is 5.19. The summed E-state index contributed by atoms with van der Waals surface area (Å²) >= 11 is 0. The molecule has 7 heteroatoms. The van der Waals surface area contributed by atoms with Gasteiger partial charge in [-0.2, -0.15) is 10.1 Å². The SMILES string of the molecule is Cc1ccc(-c2cc(C(=O)N3CCCC(c4nc(C(C)C)no4)C3)[nH]n2)cc1. The predicted molar refractivity (Wildman–Crippen MR) is 105 cm³/mol. The van der Waals surface area contributed by atoms with Gasteiger partial charge in [-0.25, -0.2) is 0 Å². The molecular formula is C21H25N5O2. The molecule has 1 aliphatic rings. The summed E-state index contributed by atoms with van der Waals surface area (Å²) in [6.45, 7) is 7.42. The minimum atomic E-state index is -0.0424. The normalized spacial score (nSPS) is 17.3. The number of hydrogen-bond donors (Lipinski definition) is 1. The molecule has 0 spiro atoms. The number of aryl methyl sites for hydroxylation is 1. The van der Waals surface area contributed by atoms with E-state index in [2.05, 4.69) is 20.3 Å². The summed E-state index contributed by atoms with van der Waals surface area (Å²) in [5.41, 5.74) is 3.46. The Kier molecular flexibility index (Phi) is 4.98. The zero-order chi connectivity index (χ0) is 19.7. The van der Waals surface area contributed by atoms with Gasteiger partial charge in [0.2, 0.25) is 5.89 Å². The zero-order valence-corrected chi connectivity index (χ0v) is 16.5. The third-order valence-corrected chi connectivity index (χ3v) is 5.19. The standard InChI is InChI=1S/C21H25N5O2/c1-13(2)19-22-20(28-25-19)16-5-4-10-26(12-16)21(27)18-11-17(23-24-18)15-8-6-14(3)7-9-15/h6-9,11,13,16H,4-5,10,12H2,1-3H3,(H,23,24). The molecule has 1 amide bonds. The van der Waals surface area contributed by atoms with E-state index >= 15 is 0 Å². The Morgan fingerprint density at radius 3 is 2.79 bits per heavy atom. The second-order valence-electron chi connectivity index (χ2n) is 7.77. The first-order valence-corrected chi connectivity index (χ1v) is 9.76. The molecule has 0 bridgehead atoms. The molecule has 1 unspecified atom stereocenters. The van der Waals surface area contributed by atoms with Gasteiger partial charge in [0.15, 0.2) is 5.82 Å². The lowest BCUT2D eigenvalue weighted by Gasteiger charge is -2.30. The minimum Gasteiger partial charge on any atom is -0.339 e. The lowest BCUT2D eigenvalue weighted by molar-refractivity contribution is 0.0689. The molecule has 0 radical (unpaired) electrons. The number of benzene rings is 1. The molecule has 0 aliphatic carbocycles. The fraction of sp³-hybridized carbons (Fsp3) is 0.429. The van der Waals surface area contributed by atoms with E-state index in [1.54, 1.807) is 0 Å². The molecule has 1 atom stereocenters. The Bertz CT molecular complexity index is 957. The number of H-pyrrole nitrogens is 1. The van der Waals surface area contributed by atoms with Crippen molar-refractivity contribution in [2.75, 3.05) is 13.1 Å². The van der Waals surface area contributed by atoms with Gasteiger partial charge in [0.1, 0.15) is 5.69 Å². The van der Waals surface area contributed by atoms with Crippen molar-refractivity contribution in [2.24, 2.45) is 0 Å². The molecule has 1 fully saturated rings. The van der Waals surface area contributed by atoms with Crippen LogP contribution in [0.4, 0.5) is 0 Å². The number of likely N-dealkylation sites (tertiary alicyclic amines) is 1. The Labute approximate surface area is 164 Å². The van der Waals surface area contributed by atoms with Crippen LogP contribution in [-0.2, 0) is 0 Å². The first-order chi connectivity index (χ1) is 13.5. The van der Waals surface area contributed by atoms with E-state index in [-0.39, 0.29) is 17.7 Å². The van der Waals surface area contributed by atoms with Crippen molar-refractivity contribution in [1.29, 1.82) is 0 Å². The molecule has 0 saturated carbocycles. The van der Waals surface area contributed by atoms with Crippen molar-refractivity contribution in [3.63, 3.8) is 0 Å². The largest absolute Gasteiger partial charge is 0.339 e. The fourth-order valence-electron chi connectivity index (χ4n) is 3.48. The van der Waals surface area contributed by atoms with Crippen molar-refractivity contribution in [1.82, 2.24) is 25.2 Å². The quantitative estimate of drug-likeness (QED) is 0.742. The van der Waals surface area contributed by atoms with Gasteiger partial charge in [-0.3, -0.25) is 9.89 Å².